The number of halogens is 1. The average molecular weight is 485 g/mol. The van der Waals surface area contributed by atoms with Gasteiger partial charge in [0.1, 0.15) is 11.6 Å². The fraction of sp³-hybridized carbons (Fsp3) is 0.190. The summed E-state index contributed by atoms with van der Waals surface area (Å²) in [6.45, 7) is 0. The van der Waals surface area contributed by atoms with E-state index >= 15 is 0 Å². The van der Waals surface area contributed by atoms with Gasteiger partial charge in [-0.2, -0.15) is 15.0 Å². The standard InChI is InChI=1S/C21H21FN8O3S/c1-31-14-8-11(9-15(32-2)17(14)33-3)18-28-29-21(30(18)13-7-5-4-6-12(13)22)34-10-16-25-19(23)27-20(24)26-16/h4-9H,10H2,1-3H3,(H4,23,24,25,26,27). The van der Waals surface area contributed by atoms with Gasteiger partial charge in [-0.1, -0.05) is 23.9 Å². The summed E-state index contributed by atoms with van der Waals surface area (Å²) in [5.74, 6) is 1.80. The fourth-order valence-electron chi connectivity index (χ4n) is 3.26. The zero-order valence-electron chi connectivity index (χ0n) is 18.5. The number of nitrogens with two attached hydrogens (primary N) is 2. The van der Waals surface area contributed by atoms with Gasteiger partial charge in [0.2, 0.25) is 17.6 Å². The predicted molar refractivity (Wildman–Crippen MR) is 125 cm³/mol. The summed E-state index contributed by atoms with van der Waals surface area (Å²) in [6.07, 6.45) is 0. The van der Waals surface area contributed by atoms with Crippen molar-refractivity contribution in [3.8, 4) is 34.3 Å². The third kappa shape index (κ3) is 4.50. The predicted octanol–water partition coefficient (Wildman–Crippen LogP) is 2.74. The molecule has 0 fully saturated rings. The van der Waals surface area contributed by atoms with Crippen molar-refractivity contribution in [1.29, 1.82) is 0 Å². The number of methoxy groups -OCH3 is 3. The van der Waals surface area contributed by atoms with E-state index in [0.717, 1.165) is 0 Å². The van der Waals surface area contributed by atoms with Gasteiger partial charge in [-0.25, -0.2) is 4.39 Å². The van der Waals surface area contributed by atoms with Crippen molar-refractivity contribution in [2.75, 3.05) is 32.8 Å². The number of rotatable bonds is 8. The van der Waals surface area contributed by atoms with Crippen LogP contribution in [0.15, 0.2) is 41.6 Å². The lowest BCUT2D eigenvalue weighted by Gasteiger charge is -2.15. The van der Waals surface area contributed by atoms with Crippen LogP contribution >= 0.6 is 11.8 Å². The van der Waals surface area contributed by atoms with E-state index in [1.165, 1.54) is 39.2 Å². The molecule has 0 amide bonds. The minimum Gasteiger partial charge on any atom is -0.493 e. The number of benzene rings is 2. The first-order chi connectivity index (χ1) is 16.4. The molecule has 0 unspecified atom stereocenters. The molecule has 2 heterocycles. The minimum atomic E-state index is -0.452. The number of nitrogens with zero attached hydrogens (tertiary/aromatic N) is 6. The van der Waals surface area contributed by atoms with Gasteiger partial charge in [0, 0.05) is 5.56 Å². The quantitative estimate of drug-likeness (QED) is 0.355. The van der Waals surface area contributed by atoms with Crippen LogP contribution in [0.4, 0.5) is 16.3 Å². The Balaban J connectivity index is 1.83. The fourth-order valence-corrected chi connectivity index (χ4v) is 4.06. The van der Waals surface area contributed by atoms with Crippen molar-refractivity contribution >= 4 is 23.7 Å². The summed E-state index contributed by atoms with van der Waals surface area (Å²) >= 11 is 1.24. The van der Waals surface area contributed by atoms with Crippen LogP contribution in [0.25, 0.3) is 17.1 Å². The Bertz CT molecular complexity index is 1290. The minimum absolute atomic E-state index is 0.0109. The Kier molecular flexibility index (Phi) is 6.63. The lowest BCUT2D eigenvalue weighted by atomic mass is 10.1. The zero-order chi connectivity index (χ0) is 24.2. The van der Waals surface area contributed by atoms with Crippen molar-refractivity contribution in [3.05, 3.63) is 48.0 Å². The Morgan fingerprint density at radius 2 is 1.56 bits per heavy atom. The maximum absolute atomic E-state index is 14.9. The van der Waals surface area contributed by atoms with E-state index < -0.39 is 5.82 Å². The molecule has 0 bridgehead atoms. The second-order valence-corrected chi connectivity index (χ2v) is 7.71. The molecule has 4 aromatic rings. The molecule has 0 saturated heterocycles. The first kappa shape index (κ1) is 23.0. The summed E-state index contributed by atoms with van der Waals surface area (Å²) in [5.41, 5.74) is 12.2. The summed E-state index contributed by atoms with van der Waals surface area (Å²) in [6, 6.07) is 9.74. The normalized spacial score (nSPS) is 10.8. The first-order valence-electron chi connectivity index (χ1n) is 9.84. The molecular formula is C21H21FN8O3S. The van der Waals surface area contributed by atoms with Crippen LogP contribution in [0.3, 0.4) is 0 Å². The smallest absolute Gasteiger partial charge is 0.225 e. The second kappa shape index (κ2) is 9.79. The Morgan fingerprint density at radius 1 is 0.912 bits per heavy atom. The molecule has 2 aromatic heterocycles. The number of thioether (sulfide) groups is 1. The van der Waals surface area contributed by atoms with Crippen LogP contribution in [0.2, 0.25) is 0 Å². The van der Waals surface area contributed by atoms with Gasteiger partial charge in [0.05, 0.1) is 32.8 Å². The molecule has 13 heteroatoms. The van der Waals surface area contributed by atoms with Crippen LogP contribution < -0.4 is 25.7 Å². The van der Waals surface area contributed by atoms with E-state index in [2.05, 4.69) is 25.1 Å². The lowest BCUT2D eigenvalue weighted by Crippen LogP contribution is -2.07. The van der Waals surface area contributed by atoms with Crippen LogP contribution in [0, 0.1) is 5.82 Å². The SMILES string of the molecule is COc1cc(-c2nnc(SCc3nc(N)nc(N)n3)n2-c2ccccc2F)cc(OC)c1OC. The van der Waals surface area contributed by atoms with Gasteiger partial charge >= 0.3 is 0 Å². The number of aromatic nitrogens is 6. The average Bonchev–Trinajstić information content (AvgIpc) is 3.25. The third-order valence-corrected chi connectivity index (χ3v) is 5.62. The number of nitrogen functional groups attached to an aromatic ring is 2. The molecule has 176 valence electrons. The number of hydrogen-bond donors (Lipinski definition) is 2. The Morgan fingerprint density at radius 3 is 2.15 bits per heavy atom. The Labute approximate surface area is 198 Å². The molecule has 0 atom stereocenters. The summed E-state index contributed by atoms with van der Waals surface area (Å²) in [5, 5.41) is 9.01. The number of anilines is 2. The van der Waals surface area contributed by atoms with Gasteiger partial charge < -0.3 is 25.7 Å². The molecule has 0 aliphatic rings. The molecule has 4 N–H and O–H groups in total. The molecule has 2 aromatic carbocycles. The highest BCUT2D eigenvalue weighted by Gasteiger charge is 2.22. The maximum atomic E-state index is 14.9. The third-order valence-electron chi connectivity index (χ3n) is 4.70. The van der Waals surface area contributed by atoms with Gasteiger partial charge in [0.25, 0.3) is 0 Å². The first-order valence-corrected chi connectivity index (χ1v) is 10.8. The van der Waals surface area contributed by atoms with Gasteiger partial charge in [-0.3, -0.25) is 4.57 Å². The largest absolute Gasteiger partial charge is 0.493 e. The van der Waals surface area contributed by atoms with Crippen molar-refractivity contribution in [2.24, 2.45) is 0 Å². The molecule has 0 spiro atoms. The van der Waals surface area contributed by atoms with Gasteiger partial charge in [0.15, 0.2) is 22.5 Å². The van der Waals surface area contributed by atoms with Crippen molar-refractivity contribution < 1.29 is 18.6 Å². The van der Waals surface area contributed by atoms with Crippen LogP contribution in [0.5, 0.6) is 17.2 Å². The zero-order valence-corrected chi connectivity index (χ0v) is 19.3. The van der Waals surface area contributed by atoms with Crippen LogP contribution in [-0.4, -0.2) is 51.0 Å². The monoisotopic (exact) mass is 484 g/mol. The van der Waals surface area contributed by atoms with Crippen LogP contribution in [-0.2, 0) is 5.75 Å². The summed E-state index contributed by atoms with van der Waals surface area (Å²) in [4.78, 5) is 11.9. The molecule has 0 aliphatic heterocycles. The molecule has 0 saturated carbocycles. The van der Waals surface area contributed by atoms with E-state index in [-0.39, 0.29) is 23.3 Å². The Hall–Kier alpha value is -4.13. The molecule has 34 heavy (non-hydrogen) atoms. The highest BCUT2D eigenvalue weighted by atomic mass is 32.2. The van der Waals surface area contributed by atoms with E-state index in [9.17, 15) is 4.39 Å². The summed E-state index contributed by atoms with van der Waals surface area (Å²) < 4.78 is 32.8. The number of hydrogen-bond acceptors (Lipinski definition) is 11. The van der Waals surface area contributed by atoms with Crippen LogP contribution in [0.1, 0.15) is 5.82 Å². The van der Waals surface area contributed by atoms with E-state index in [0.29, 0.717) is 39.6 Å². The number of ether oxygens (including phenoxy) is 3. The molecule has 4 rings (SSSR count). The van der Waals surface area contributed by atoms with Crippen molar-refractivity contribution in [2.45, 2.75) is 10.9 Å². The molecule has 0 radical (unpaired) electrons. The van der Waals surface area contributed by atoms with E-state index in [1.807, 2.05) is 0 Å². The summed E-state index contributed by atoms with van der Waals surface area (Å²) in [7, 11) is 4.53. The van der Waals surface area contributed by atoms with Gasteiger partial charge in [-0.15, -0.1) is 10.2 Å². The molecule has 11 nitrogen and oxygen atoms in total. The van der Waals surface area contributed by atoms with Crippen molar-refractivity contribution in [3.63, 3.8) is 0 Å². The number of para-hydroxylation sites is 1. The molecular weight excluding hydrogens is 463 g/mol. The lowest BCUT2D eigenvalue weighted by molar-refractivity contribution is 0.324. The molecule has 0 aliphatic carbocycles. The second-order valence-electron chi connectivity index (χ2n) is 6.76. The van der Waals surface area contributed by atoms with Gasteiger partial charge in [-0.05, 0) is 24.3 Å². The highest BCUT2D eigenvalue weighted by Crippen LogP contribution is 2.42. The maximum Gasteiger partial charge on any atom is 0.225 e. The van der Waals surface area contributed by atoms with E-state index in [4.69, 9.17) is 25.7 Å². The van der Waals surface area contributed by atoms with E-state index in [1.54, 1.807) is 34.9 Å². The topological polar surface area (TPSA) is 149 Å². The highest BCUT2D eigenvalue weighted by molar-refractivity contribution is 7.98. The van der Waals surface area contributed by atoms with Crippen molar-refractivity contribution in [1.82, 2.24) is 29.7 Å².